The number of rotatable bonds is 8. The zero-order valence-corrected chi connectivity index (χ0v) is 17.0. The molecule has 0 aliphatic rings. The smallest absolute Gasteiger partial charge is 0.239 e. The first-order valence-corrected chi connectivity index (χ1v) is 8.97. The second kappa shape index (κ2) is 9.21. The summed E-state index contributed by atoms with van der Waals surface area (Å²) in [6.45, 7) is 3.73. The van der Waals surface area contributed by atoms with Crippen LogP contribution in [0, 0.1) is 5.41 Å². The third-order valence-electron chi connectivity index (χ3n) is 4.59. The Morgan fingerprint density at radius 3 is 2.39 bits per heavy atom. The molecule has 7 nitrogen and oxygen atoms in total. The van der Waals surface area contributed by atoms with Crippen molar-refractivity contribution in [2.75, 3.05) is 33.1 Å². The Kier molecular flexibility index (Phi) is 6.98. The molecule has 0 radical (unpaired) electrons. The van der Waals surface area contributed by atoms with Crippen molar-refractivity contribution in [3.05, 3.63) is 48.3 Å². The van der Waals surface area contributed by atoms with Crippen molar-refractivity contribution in [3.8, 4) is 11.5 Å². The third kappa shape index (κ3) is 5.00. The second-order valence-electron chi connectivity index (χ2n) is 6.98. The molecule has 150 valence electrons. The minimum Gasteiger partial charge on any atom is -0.497 e. The number of likely N-dealkylation sites (N-methyl/N-ethyl adjacent to an activating group) is 1. The zero-order valence-electron chi connectivity index (χ0n) is 17.0. The summed E-state index contributed by atoms with van der Waals surface area (Å²) in [6.07, 6.45) is 4.13. The Morgan fingerprint density at radius 1 is 1.11 bits per heavy atom. The lowest BCUT2D eigenvalue weighted by Gasteiger charge is -2.28. The Labute approximate surface area is 165 Å². The van der Waals surface area contributed by atoms with Gasteiger partial charge in [0.15, 0.2) is 0 Å². The number of carbonyl (C=O) groups is 2. The van der Waals surface area contributed by atoms with Gasteiger partial charge in [-0.15, -0.1) is 0 Å². The summed E-state index contributed by atoms with van der Waals surface area (Å²) in [5.74, 6) is 0.409. The van der Waals surface area contributed by atoms with Gasteiger partial charge in [-0.2, -0.15) is 0 Å². The van der Waals surface area contributed by atoms with Crippen LogP contribution in [0.3, 0.4) is 0 Å². The number of hydrogen-bond acceptors (Lipinski definition) is 5. The summed E-state index contributed by atoms with van der Waals surface area (Å²) in [4.78, 5) is 31.3. The van der Waals surface area contributed by atoms with Crippen LogP contribution in [0.4, 0.5) is 5.69 Å². The maximum atomic E-state index is 12.9. The Balaban J connectivity index is 2.05. The van der Waals surface area contributed by atoms with E-state index in [1.54, 1.807) is 63.5 Å². The van der Waals surface area contributed by atoms with Crippen LogP contribution in [0.2, 0.25) is 0 Å². The number of methoxy groups -OCH3 is 2. The number of ether oxygens (including phenoxy) is 2. The Hall–Kier alpha value is -3.09. The quantitative estimate of drug-likeness (QED) is 0.707. The minimum absolute atomic E-state index is 0.258. The van der Waals surface area contributed by atoms with Crippen molar-refractivity contribution < 1.29 is 19.1 Å². The van der Waals surface area contributed by atoms with Crippen LogP contribution in [0.25, 0.3) is 0 Å². The van der Waals surface area contributed by atoms with Gasteiger partial charge in [0, 0.05) is 32.1 Å². The number of nitrogens with one attached hydrogen (secondary N) is 1. The number of nitrogens with zero attached hydrogens (tertiary/aromatic N) is 2. The molecule has 0 spiro atoms. The first-order valence-electron chi connectivity index (χ1n) is 8.97. The lowest BCUT2D eigenvalue weighted by Crippen LogP contribution is -2.46. The predicted molar refractivity (Wildman–Crippen MR) is 108 cm³/mol. The monoisotopic (exact) mass is 385 g/mol. The van der Waals surface area contributed by atoms with E-state index in [0.717, 1.165) is 5.56 Å². The van der Waals surface area contributed by atoms with Crippen LogP contribution in [0.5, 0.6) is 11.5 Å². The van der Waals surface area contributed by atoms with Gasteiger partial charge in [0.1, 0.15) is 16.9 Å². The Morgan fingerprint density at radius 2 is 1.79 bits per heavy atom. The summed E-state index contributed by atoms with van der Waals surface area (Å²) in [5, 5.41) is 2.79. The van der Waals surface area contributed by atoms with Gasteiger partial charge in [-0.3, -0.25) is 14.6 Å². The molecule has 1 aromatic heterocycles. The highest BCUT2D eigenvalue weighted by atomic mass is 16.5. The van der Waals surface area contributed by atoms with E-state index in [2.05, 4.69) is 10.3 Å². The van der Waals surface area contributed by atoms with Gasteiger partial charge in [-0.05, 0) is 50.1 Å². The molecule has 2 rings (SSSR count). The SMILES string of the molecule is COc1ccc(NC(=O)C(C)(C)C(=O)N(C)CCc2ccncc2)c(OC)c1. The van der Waals surface area contributed by atoms with Gasteiger partial charge >= 0.3 is 0 Å². The fourth-order valence-electron chi connectivity index (χ4n) is 2.70. The average Bonchev–Trinajstić information content (AvgIpc) is 2.72. The molecule has 0 saturated carbocycles. The Bertz CT molecular complexity index is 822. The largest absolute Gasteiger partial charge is 0.497 e. The molecule has 1 N–H and O–H groups in total. The van der Waals surface area contributed by atoms with Crippen LogP contribution in [-0.4, -0.2) is 49.5 Å². The van der Waals surface area contributed by atoms with E-state index in [4.69, 9.17) is 9.47 Å². The van der Waals surface area contributed by atoms with Crippen molar-refractivity contribution in [2.45, 2.75) is 20.3 Å². The van der Waals surface area contributed by atoms with Gasteiger partial charge < -0.3 is 19.7 Å². The molecule has 7 heteroatoms. The molecule has 2 amide bonds. The molecule has 0 aliphatic heterocycles. The van der Waals surface area contributed by atoms with E-state index < -0.39 is 11.3 Å². The first-order chi connectivity index (χ1) is 13.3. The third-order valence-corrected chi connectivity index (χ3v) is 4.59. The van der Waals surface area contributed by atoms with Gasteiger partial charge in [0.25, 0.3) is 0 Å². The number of benzene rings is 1. The topological polar surface area (TPSA) is 80.8 Å². The highest BCUT2D eigenvalue weighted by molar-refractivity contribution is 6.10. The number of anilines is 1. The molecule has 0 atom stereocenters. The number of pyridine rings is 1. The van der Waals surface area contributed by atoms with Crippen LogP contribution >= 0.6 is 0 Å². The molecule has 28 heavy (non-hydrogen) atoms. The van der Waals surface area contributed by atoms with E-state index in [-0.39, 0.29) is 5.91 Å². The van der Waals surface area contributed by atoms with E-state index in [0.29, 0.717) is 30.2 Å². The van der Waals surface area contributed by atoms with E-state index in [1.807, 2.05) is 12.1 Å². The lowest BCUT2D eigenvalue weighted by atomic mass is 9.90. The summed E-state index contributed by atoms with van der Waals surface area (Å²) in [6, 6.07) is 8.89. The van der Waals surface area contributed by atoms with Crippen molar-refractivity contribution in [2.24, 2.45) is 5.41 Å². The molecule has 0 saturated heterocycles. The number of carbonyl (C=O) groups excluding carboxylic acids is 2. The zero-order chi connectivity index (χ0) is 20.7. The van der Waals surface area contributed by atoms with Crippen molar-refractivity contribution in [3.63, 3.8) is 0 Å². The van der Waals surface area contributed by atoms with Crippen molar-refractivity contribution >= 4 is 17.5 Å². The normalized spacial score (nSPS) is 10.9. The second-order valence-corrected chi connectivity index (χ2v) is 6.98. The molecule has 0 bridgehead atoms. The lowest BCUT2D eigenvalue weighted by molar-refractivity contribution is -0.145. The molecule has 0 aliphatic carbocycles. The molecule has 1 aromatic carbocycles. The molecule has 0 fully saturated rings. The molecule has 1 heterocycles. The van der Waals surface area contributed by atoms with E-state index >= 15 is 0 Å². The maximum Gasteiger partial charge on any atom is 0.239 e. The number of aromatic nitrogens is 1. The summed E-state index contributed by atoms with van der Waals surface area (Å²) in [5.41, 5.74) is 0.325. The summed E-state index contributed by atoms with van der Waals surface area (Å²) in [7, 11) is 4.76. The fraction of sp³-hybridized carbons (Fsp3) is 0.381. The van der Waals surface area contributed by atoms with Crippen molar-refractivity contribution in [1.29, 1.82) is 0 Å². The number of amides is 2. The fourth-order valence-corrected chi connectivity index (χ4v) is 2.70. The van der Waals surface area contributed by atoms with Gasteiger partial charge in [0.05, 0.1) is 19.9 Å². The highest BCUT2D eigenvalue weighted by Crippen LogP contribution is 2.31. The standard InChI is InChI=1S/C21H27N3O4/c1-21(2,20(26)24(3)13-10-15-8-11-22-12-9-15)19(25)23-17-7-6-16(27-4)14-18(17)28-5/h6-9,11-12,14H,10,13H2,1-5H3,(H,23,25). The van der Waals surface area contributed by atoms with Crippen LogP contribution in [0.1, 0.15) is 19.4 Å². The molecular weight excluding hydrogens is 358 g/mol. The van der Waals surface area contributed by atoms with Crippen molar-refractivity contribution in [1.82, 2.24) is 9.88 Å². The molecule has 2 aromatic rings. The average molecular weight is 385 g/mol. The molecule has 0 unspecified atom stereocenters. The van der Waals surface area contributed by atoms with Crippen LogP contribution in [-0.2, 0) is 16.0 Å². The van der Waals surface area contributed by atoms with Crippen LogP contribution < -0.4 is 14.8 Å². The van der Waals surface area contributed by atoms with E-state index in [9.17, 15) is 9.59 Å². The van der Waals surface area contributed by atoms with Gasteiger partial charge in [-0.25, -0.2) is 0 Å². The summed E-state index contributed by atoms with van der Waals surface area (Å²) >= 11 is 0. The molecular formula is C21H27N3O4. The van der Waals surface area contributed by atoms with Crippen LogP contribution in [0.15, 0.2) is 42.7 Å². The van der Waals surface area contributed by atoms with E-state index in [1.165, 1.54) is 7.11 Å². The highest BCUT2D eigenvalue weighted by Gasteiger charge is 2.38. The first kappa shape index (κ1) is 21.2. The minimum atomic E-state index is -1.24. The summed E-state index contributed by atoms with van der Waals surface area (Å²) < 4.78 is 10.5. The predicted octanol–water partition coefficient (Wildman–Crippen LogP) is 2.76. The maximum absolute atomic E-state index is 12.9. The van der Waals surface area contributed by atoms with Gasteiger partial charge in [0.2, 0.25) is 11.8 Å². The number of hydrogen-bond donors (Lipinski definition) is 1. The van der Waals surface area contributed by atoms with Gasteiger partial charge in [-0.1, -0.05) is 0 Å².